The lowest BCUT2D eigenvalue weighted by molar-refractivity contribution is 0.298. The molecule has 3 nitrogen and oxygen atoms in total. The highest BCUT2D eigenvalue weighted by atomic mass is 35.5. The van der Waals surface area contributed by atoms with Crippen LogP contribution in [-0.2, 0) is 6.61 Å². The zero-order chi connectivity index (χ0) is 19.7. The molecular formula is C24H19ClO3. The van der Waals surface area contributed by atoms with Crippen molar-refractivity contribution in [1.29, 1.82) is 0 Å². The van der Waals surface area contributed by atoms with Gasteiger partial charge in [0, 0.05) is 10.6 Å². The second-order valence-corrected chi connectivity index (χ2v) is 7.31. The molecule has 0 spiro atoms. The molecule has 0 bridgehead atoms. The van der Waals surface area contributed by atoms with Crippen LogP contribution in [-0.4, -0.2) is 0 Å². The Morgan fingerprint density at radius 3 is 2.43 bits per heavy atom. The highest BCUT2D eigenvalue weighted by Gasteiger charge is 2.18. The van der Waals surface area contributed by atoms with E-state index in [1.54, 1.807) is 12.1 Å². The van der Waals surface area contributed by atoms with Gasteiger partial charge in [0.25, 0.3) is 0 Å². The summed E-state index contributed by atoms with van der Waals surface area (Å²) in [6, 6.07) is 20.7. The van der Waals surface area contributed by atoms with Crippen molar-refractivity contribution in [3.8, 4) is 17.1 Å². The SMILES string of the molecule is Cc1cccc(COc2c(-c3ccc(Cl)cc3)oc3ccc(C)cc3c2=O)c1. The number of fused-ring (bicyclic) bond motifs is 1. The third-order valence-electron chi connectivity index (χ3n) is 4.58. The molecule has 1 heterocycles. The van der Waals surface area contributed by atoms with Crippen molar-refractivity contribution in [2.75, 3.05) is 0 Å². The van der Waals surface area contributed by atoms with Gasteiger partial charge in [0.05, 0.1) is 5.39 Å². The molecule has 0 fully saturated rings. The van der Waals surface area contributed by atoms with Crippen LogP contribution < -0.4 is 10.2 Å². The Balaban J connectivity index is 1.85. The summed E-state index contributed by atoms with van der Waals surface area (Å²) in [6.45, 7) is 4.25. The first kappa shape index (κ1) is 18.3. The van der Waals surface area contributed by atoms with Crippen LogP contribution in [0.1, 0.15) is 16.7 Å². The molecule has 0 amide bonds. The van der Waals surface area contributed by atoms with Crippen molar-refractivity contribution in [3.63, 3.8) is 0 Å². The quantitative estimate of drug-likeness (QED) is 0.410. The van der Waals surface area contributed by atoms with E-state index in [0.29, 0.717) is 21.8 Å². The van der Waals surface area contributed by atoms with Crippen molar-refractivity contribution < 1.29 is 9.15 Å². The Hall–Kier alpha value is -3.04. The number of ether oxygens (including phenoxy) is 1. The van der Waals surface area contributed by atoms with E-state index in [2.05, 4.69) is 0 Å². The Morgan fingerprint density at radius 2 is 1.68 bits per heavy atom. The van der Waals surface area contributed by atoms with Crippen LogP contribution in [0.2, 0.25) is 5.02 Å². The van der Waals surface area contributed by atoms with Crippen molar-refractivity contribution in [3.05, 3.63) is 98.7 Å². The van der Waals surface area contributed by atoms with Gasteiger partial charge in [-0.05, 0) is 55.8 Å². The van der Waals surface area contributed by atoms with Crippen LogP contribution in [0.3, 0.4) is 0 Å². The number of hydrogen-bond acceptors (Lipinski definition) is 3. The van der Waals surface area contributed by atoms with Crippen LogP contribution in [0.4, 0.5) is 0 Å². The normalized spacial score (nSPS) is 11.0. The highest BCUT2D eigenvalue weighted by molar-refractivity contribution is 6.30. The van der Waals surface area contributed by atoms with Gasteiger partial charge in [0.1, 0.15) is 12.2 Å². The molecule has 4 heteroatoms. The van der Waals surface area contributed by atoms with Crippen LogP contribution in [0.25, 0.3) is 22.3 Å². The van der Waals surface area contributed by atoms with E-state index in [0.717, 1.165) is 22.3 Å². The molecule has 0 aliphatic carbocycles. The third kappa shape index (κ3) is 3.67. The van der Waals surface area contributed by atoms with E-state index >= 15 is 0 Å². The van der Waals surface area contributed by atoms with E-state index in [-0.39, 0.29) is 17.8 Å². The lowest BCUT2D eigenvalue weighted by atomic mass is 10.1. The highest BCUT2D eigenvalue weighted by Crippen LogP contribution is 2.32. The third-order valence-corrected chi connectivity index (χ3v) is 4.83. The largest absolute Gasteiger partial charge is 0.481 e. The molecule has 1 aromatic heterocycles. The second kappa shape index (κ2) is 7.53. The smallest absolute Gasteiger partial charge is 0.235 e. The Morgan fingerprint density at radius 1 is 0.929 bits per heavy atom. The number of benzene rings is 3. The maximum atomic E-state index is 13.2. The van der Waals surface area contributed by atoms with Crippen LogP contribution >= 0.6 is 11.6 Å². The zero-order valence-corrected chi connectivity index (χ0v) is 16.4. The number of aryl methyl sites for hydroxylation is 2. The minimum atomic E-state index is -0.178. The first-order valence-electron chi connectivity index (χ1n) is 9.03. The molecule has 4 rings (SSSR count). The van der Waals surface area contributed by atoms with Crippen LogP contribution in [0.5, 0.6) is 5.75 Å². The molecule has 4 aromatic rings. The van der Waals surface area contributed by atoms with Crippen molar-refractivity contribution in [2.45, 2.75) is 20.5 Å². The molecule has 28 heavy (non-hydrogen) atoms. The topological polar surface area (TPSA) is 39.4 Å². The summed E-state index contributed by atoms with van der Waals surface area (Å²) in [5.74, 6) is 0.618. The molecular weight excluding hydrogens is 372 g/mol. The molecule has 0 atom stereocenters. The first-order chi connectivity index (χ1) is 13.5. The fourth-order valence-electron chi connectivity index (χ4n) is 3.17. The van der Waals surface area contributed by atoms with Crippen molar-refractivity contribution in [2.24, 2.45) is 0 Å². The number of rotatable bonds is 4. The van der Waals surface area contributed by atoms with Crippen LogP contribution in [0, 0.1) is 13.8 Å². The second-order valence-electron chi connectivity index (χ2n) is 6.87. The molecule has 0 unspecified atom stereocenters. The van der Waals surface area contributed by atoms with Gasteiger partial charge in [0.2, 0.25) is 11.2 Å². The summed E-state index contributed by atoms with van der Waals surface area (Å²) >= 11 is 6.02. The summed E-state index contributed by atoms with van der Waals surface area (Å²) in [5.41, 5.74) is 4.21. The summed E-state index contributed by atoms with van der Waals surface area (Å²) in [6.07, 6.45) is 0. The molecule has 0 saturated carbocycles. The Labute approximate surface area is 168 Å². The number of hydrogen-bond donors (Lipinski definition) is 0. The van der Waals surface area contributed by atoms with Gasteiger partial charge in [-0.2, -0.15) is 0 Å². The predicted octanol–water partition coefficient (Wildman–Crippen LogP) is 6.31. The fraction of sp³-hybridized carbons (Fsp3) is 0.125. The lowest BCUT2D eigenvalue weighted by Gasteiger charge is -2.12. The van der Waals surface area contributed by atoms with Crippen molar-refractivity contribution >= 4 is 22.6 Å². The molecule has 0 radical (unpaired) electrons. The molecule has 0 aliphatic rings. The fourth-order valence-corrected chi connectivity index (χ4v) is 3.30. The molecule has 0 N–H and O–H groups in total. The van der Waals surface area contributed by atoms with Gasteiger partial charge >= 0.3 is 0 Å². The van der Waals surface area contributed by atoms with Crippen LogP contribution in [0.15, 0.2) is 75.9 Å². The van der Waals surface area contributed by atoms with Gasteiger partial charge in [-0.3, -0.25) is 4.79 Å². The molecule has 0 saturated heterocycles. The molecule has 0 aliphatic heterocycles. The van der Waals surface area contributed by atoms with Gasteiger partial charge in [-0.1, -0.05) is 53.1 Å². The van der Waals surface area contributed by atoms with E-state index in [1.165, 1.54) is 0 Å². The summed E-state index contributed by atoms with van der Waals surface area (Å²) in [4.78, 5) is 13.2. The average molecular weight is 391 g/mol. The zero-order valence-electron chi connectivity index (χ0n) is 15.7. The standard InChI is InChI=1S/C24H19ClO3/c1-15-4-3-5-17(12-15)14-27-24-22(26)20-13-16(2)6-11-21(20)28-23(24)18-7-9-19(25)10-8-18/h3-13H,14H2,1-2H3. The Bertz CT molecular complexity index is 1210. The maximum absolute atomic E-state index is 13.2. The van der Waals surface area contributed by atoms with Gasteiger partial charge in [0.15, 0.2) is 5.76 Å². The lowest BCUT2D eigenvalue weighted by Crippen LogP contribution is -2.10. The van der Waals surface area contributed by atoms with Gasteiger partial charge < -0.3 is 9.15 Å². The minimum Gasteiger partial charge on any atom is -0.481 e. The molecule has 140 valence electrons. The summed E-state index contributed by atoms with van der Waals surface area (Å²) in [5, 5.41) is 1.13. The van der Waals surface area contributed by atoms with E-state index in [9.17, 15) is 4.79 Å². The van der Waals surface area contributed by atoms with Gasteiger partial charge in [-0.15, -0.1) is 0 Å². The summed E-state index contributed by atoms with van der Waals surface area (Å²) in [7, 11) is 0. The summed E-state index contributed by atoms with van der Waals surface area (Å²) < 4.78 is 12.1. The van der Waals surface area contributed by atoms with Gasteiger partial charge in [-0.25, -0.2) is 0 Å². The maximum Gasteiger partial charge on any atom is 0.235 e. The molecule has 3 aromatic carbocycles. The monoisotopic (exact) mass is 390 g/mol. The van der Waals surface area contributed by atoms with E-state index < -0.39 is 0 Å². The average Bonchev–Trinajstić information content (AvgIpc) is 2.68. The predicted molar refractivity (Wildman–Crippen MR) is 113 cm³/mol. The minimum absolute atomic E-state index is 0.178. The van der Waals surface area contributed by atoms with E-state index in [4.69, 9.17) is 20.8 Å². The number of halogens is 1. The van der Waals surface area contributed by atoms with Crippen molar-refractivity contribution in [1.82, 2.24) is 0 Å². The van der Waals surface area contributed by atoms with E-state index in [1.807, 2.05) is 68.4 Å². The Kier molecular flexibility index (Phi) is 4.93. The first-order valence-corrected chi connectivity index (χ1v) is 9.41.